The molecule has 3 rings (SSSR count). The average molecular weight is 392 g/mol. The van der Waals surface area contributed by atoms with Crippen LogP contribution in [0.25, 0.3) is 27.1 Å². The average Bonchev–Trinajstić information content (AvgIpc) is 3.09. The first-order valence-electron chi connectivity index (χ1n) is 8.72. The van der Waals surface area contributed by atoms with Crippen LogP contribution in [0.4, 0.5) is 0 Å². The van der Waals surface area contributed by atoms with Gasteiger partial charge in [0, 0.05) is 31.5 Å². The minimum Gasteiger partial charge on any atom is -0.375 e. The molecule has 1 aromatic carbocycles. The lowest BCUT2D eigenvalue weighted by Gasteiger charge is -2.12. The molecule has 0 spiro atoms. The molecule has 28 heavy (non-hydrogen) atoms. The van der Waals surface area contributed by atoms with Crippen LogP contribution in [0.2, 0.25) is 0 Å². The number of hydrogen-bond acceptors (Lipinski definition) is 4. The van der Waals surface area contributed by atoms with Gasteiger partial charge in [-0.3, -0.25) is 0 Å². The van der Waals surface area contributed by atoms with Crippen molar-refractivity contribution in [2.24, 2.45) is 17.9 Å². The Bertz CT molecular complexity index is 1110. The molecule has 0 unspecified atom stereocenters. The molecule has 0 aliphatic carbocycles. The van der Waals surface area contributed by atoms with Crippen molar-refractivity contribution in [2.75, 3.05) is 13.6 Å². The van der Waals surface area contributed by atoms with E-state index in [4.69, 9.17) is 29.5 Å². The van der Waals surface area contributed by atoms with Gasteiger partial charge in [0.05, 0.1) is 35.6 Å². The molecule has 0 saturated carbocycles. The topological polar surface area (TPSA) is 76.7 Å². The molecule has 0 radical (unpaired) electrons. The minimum absolute atomic E-state index is 0.190. The summed E-state index contributed by atoms with van der Waals surface area (Å²) in [6.45, 7) is 9.57. The lowest BCUT2D eigenvalue weighted by atomic mass is 9.99. The van der Waals surface area contributed by atoms with E-state index in [0.717, 1.165) is 39.0 Å². The van der Waals surface area contributed by atoms with Crippen LogP contribution in [0.1, 0.15) is 16.7 Å². The third kappa shape index (κ3) is 4.00. The van der Waals surface area contributed by atoms with Gasteiger partial charge in [0.1, 0.15) is 0 Å². The molecule has 142 valence electrons. The molecule has 2 N–H and O–H groups in total. The first kappa shape index (κ1) is 19.5. The van der Waals surface area contributed by atoms with Crippen LogP contribution in [0, 0.1) is 13.5 Å². The number of imidazole rings is 1. The SMILES string of the molecule is [C-]#[N+]CCc1cc2c(/C=N/N(C)C(N)=S)cc(-c3cncn3C)nc2cc1C. The van der Waals surface area contributed by atoms with Gasteiger partial charge in [-0.25, -0.2) is 21.5 Å². The molecular formula is C20H21N7S. The molecule has 8 heteroatoms. The quantitative estimate of drug-likeness (QED) is 0.313. The monoisotopic (exact) mass is 391 g/mol. The van der Waals surface area contributed by atoms with Gasteiger partial charge in [0.25, 0.3) is 0 Å². The highest BCUT2D eigenvalue weighted by Crippen LogP contribution is 2.26. The van der Waals surface area contributed by atoms with Gasteiger partial charge >= 0.3 is 0 Å². The number of thiocarbonyl (C=S) groups is 1. The molecule has 0 bridgehead atoms. The second-order valence-corrected chi connectivity index (χ2v) is 6.94. The normalized spacial score (nSPS) is 11.1. The van der Waals surface area contributed by atoms with Crippen molar-refractivity contribution in [3.63, 3.8) is 0 Å². The molecule has 0 atom stereocenters. The van der Waals surface area contributed by atoms with Crippen LogP contribution < -0.4 is 5.73 Å². The number of nitrogens with zero attached hydrogens (tertiary/aromatic N) is 6. The van der Waals surface area contributed by atoms with E-state index in [2.05, 4.69) is 27.1 Å². The maximum Gasteiger partial charge on any atom is 0.218 e. The number of nitrogens with two attached hydrogens (primary N) is 1. The lowest BCUT2D eigenvalue weighted by Crippen LogP contribution is -2.27. The number of benzene rings is 1. The number of pyridine rings is 1. The molecule has 0 saturated heterocycles. The summed E-state index contributed by atoms with van der Waals surface area (Å²) in [5.41, 5.74) is 11.4. The molecule has 2 heterocycles. The summed E-state index contributed by atoms with van der Waals surface area (Å²) in [4.78, 5) is 12.5. The molecule has 0 aliphatic rings. The zero-order valence-electron chi connectivity index (χ0n) is 16.0. The molecule has 7 nitrogen and oxygen atoms in total. The molecule has 2 aromatic heterocycles. The van der Waals surface area contributed by atoms with E-state index < -0.39 is 0 Å². The predicted molar refractivity (Wildman–Crippen MR) is 116 cm³/mol. The number of hydrazone groups is 1. The Hall–Kier alpha value is -3.31. The van der Waals surface area contributed by atoms with Crippen molar-refractivity contribution in [3.05, 3.63) is 58.8 Å². The van der Waals surface area contributed by atoms with Crippen LogP contribution in [0.15, 0.2) is 35.8 Å². The van der Waals surface area contributed by atoms with Crippen molar-refractivity contribution in [1.29, 1.82) is 0 Å². The van der Waals surface area contributed by atoms with Crippen molar-refractivity contribution in [2.45, 2.75) is 13.3 Å². The smallest absolute Gasteiger partial charge is 0.218 e. The third-order valence-electron chi connectivity index (χ3n) is 4.56. The van der Waals surface area contributed by atoms with Crippen LogP contribution in [-0.4, -0.2) is 44.5 Å². The van der Waals surface area contributed by atoms with Gasteiger partial charge in [-0.05, 0) is 48.5 Å². The fraction of sp³-hybridized carbons (Fsp3) is 0.250. The molecule has 0 amide bonds. The van der Waals surface area contributed by atoms with Crippen molar-refractivity contribution >= 4 is 34.4 Å². The van der Waals surface area contributed by atoms with Crippen LogP contribution >= 0.6 is 12.2 Å². The summed E-state index contributed by atoms with van der Waals surface area (Å²) in [6, 6.07) is 6.13. The highest BCUT2D eigenvalue weighted by Gasteiger charge is 2.12. The number of aryl methyl sites for hydroxylation is 2. The van der Waals surface area contributed by atoms with Crippen molar-refractivity contribution in [1.82, 2.24) is 19.5 Å². The van der Waals surface area contributed by atoms with Crippen LogP contribution in [0.5, 0.6) is 0 Å². The Morgan fingerprint density at radius 3 is 2.86 bits per heavy atom. The van der Waals surface area contributed by atoms with Crippen molar-refractivity contribution < 1.29 is 0 Å². The summed E-state index contributed by atoms with van der Waals surface area (Å²) in [6.07, 6.45) is 5.97. The highest BCUT2D eigenvalue weighted by molar-refractivity contribution is 7.80. The van der Waals surface area contributed by atoms with Crippen LogP contribution in [0.3, 0.4) is 0 Å². The molecule has 0 aliphatic heterocycles. The van der Waals surface area contributed by atoms with Gasteiger partial charge in [0.2, 0.25) is 6.54 Å². The minimum atomic E-state index is 0.190. The van der Waals surface area contributed by atoms with E-state index >= 15 is 0 Å². The third-order valence-corrected chi connectivity index (χ3v) is 4.82. The Morgan fingerprint density at radius 2 is 2.21 bits per heavy atom. The molecular weight excluding hydrogens is 370 g/mol. The van der Waals surface area contributed by atoms with E-state index in [9.17, 15) is 0 Å². The summed E-state index contributed by atoms with van der Waals surface area (Å²) in [7, 11) is 3.64. The number of hydrogen-bond donors (Lipinski definition) is 1. The number of rotatable bonds is 5. The van der Waals surface area contributed by atoms with Gasteiger partial charge < -0.3 is 15.1 Å². The standard InChI is InChI=1S/C20H21N7S/c1-13-7-17-16(8-14(13)5-6-22-2)15(10-24-27(4)20(21)28)9-18(25-17)19-11-23-12-26(19)3/h7-12H,5-6H2,1,3-4H3,(H2,21,28)/b24-10+. The summed E-state index contributed by atoms with van der Waals surface area (Å²) in [5.74, 6) is 0. The van der Waals surface area contributed by atoms with Gasteiger partial charge in [-0.1, -0.05) is 0 Å². The van der Waals surface area contributed by atoms with Gasteiger partial charge in [0.15, 0.2) is 5.11 Å². The zero-order chi connectivity index (χ0) is 20.3. The second kappa shape index (κ2) is 8.15. The lowest BCUT2D eigenvalue weighted by molar-refractivity contribution is 0.552. The first-order valence-corrected chi connectivity index (χ1v) is 9.13. The van der Waals surface area contributed by atoms with E-state index in [1.807, 2.05) is 24.6 Å². The largest absolute Gasteiger partial charge is 0.375 e. The Labute approximate surface area is 169 Å². The molecule has 3 aromatic rings. The maximum atomic E-state index is 7.06. The Balaban J connectivity index is 2.20. The summed E-state index contributed by atoms with van der Waals surface area (Å²) >= 11 is 4.96. The van der Waals surface area contributed by atoms with Gasteiger partial charge in [-0.2, -0.15) is 5.10 Å². The van der Waals surface area contributed by atoms with Crippen LogP contribution in [-0.2, 0) is 13.5 Å². The summed E-state index contributed by atoms with van der Waals surface area (Å²) in [5, 5.41) is 6.95. The van der Waals surface area contributed by atoms with E-state index in [-0.39, 0.29) is 5.11 Å². The van der Waals surface area contributed by atoms with E-state index in [1.165, 1.54) is 5.01 Å². The number of fused-ring (bicyclic) bond motifs is 1. The second-order valence-electron chi connectivity index (χ2n) is 6.52. The number of aromatic nitrogens is 3. The van der Waals surface area contributed by atoms with E-state index in [0.29, 0.717) is 13.0 Å². The Kier molecular flexibility index (Phi) is 5.66. The van der Waals surface area contributed by atoms with Gasteiger partial charge in [-0.15, -0.1) is 0 Å². The fourth-order valence-corrected chi connectivity index (χ4v) is 2.99. The predicted octanol–water partition coefficient (Wildman–Crippen LogP) is 2.91. The highest BCUT2D eigenvalue weighted by atomic mass is 32.1. The Morgan fingerprint density at radius 1 is 1.43 bits per heavy atom. The van der Waals surface area contributed by atoms with E-state index in [1.54, 1.807) is 25.8 Å². The first-order chi connectivity index (χ1) is 13.4. The van der Waals surface area contributed by atoms with Crippen molar-refractivity contribution in [3.8, 4) is 11.4 Å². The maximum absolute atomic E-state index is 7.06. The molecule has 0 fully saturated rings. The zero-order valence-corrected chi connectivity index (χ0v) is 16.9. The summed E-state index contributed by atoms with van der Waals surface area (Å²) < 4.78 is 1.92. The fourth-order valence-electron chi connectivity index (χ4n) is 2.94.